The van der Waals surface area contributed by atoms with E-state index in [-0.39, 0.29) is 37.2 Å². The van der Waals surface area contributed by atoms with Crippen LogP contribution in [-0.2, 0) is 38.1 Å². The molecule has 0 saturated heterocycles. The zero-order chi connectivity index (χ0) is 20.3. The first-order valence-electron chi connectivity index (χ1n) is 7.53. The number of aliphatic hydroxyl groups is 1. The molecule has 0 atom stereocenters. The summed E-state index contributed by atoms with van der Waals surface area (Å²) in [4.78, 5) is 45.7. The van der Waals surface area contributed by atoms with Gasteiger partial charge in [0.05, 0.1) is 39.1 Å². The number of hydrogen-bond donors (Lipinski definition) is 1. The standard InChI is InChI=1S/C17H24O9/c1-11(6-13(19)23-4)15(21)25-9-17(3,8-18)10-26-16(22)12(2)7-14(20)24-5/h18H,1-2,6-10H2,3-5H3. The van der Waals surface area contributed by atoms with Crippen LogP contribution in [0.4, 0.5) is 0 Å². The zero-order valence-electron chi connectivity index (χ0n) is 15.2. The van der Waals surface area contributed by atoms with E-state index < -0.39 is 35.9 Å². The van der Waals surface area contributed by atoms with Gasteiger partial charge in [-0.05, 0) is 0 Å². The highest BCUT2D eigenvalue weighted by molar-refractivity contribution is 5.93. The Morgan fingerprint density at radius 1 is 0.846 bits per heavy atom. The summed E-state index contributed by atoms with van der Waals surface area (Å²) >= 11 is 0. The van der Waals surface area contributed by atoms with Crippen LogP contribution < -0.4 is 0 Å². The largest absolute Gasteiger partial charge is 0.469 e. The summed E-state index contributed by atoms with van der Waals surface area (Å²) in [5, 5.41) is 9.48. The summed E-state index contributed by atoms with van der Waals surface area (Å²) in [6, 6.07) is 0. The second-order valence-electron chi connectivity index (χ2n) is 5.83. The molecule has 0 heterocycles. The summed E-state index contributed by atoms with van der Waals surface area (Å²) < 4.78 is 18.8. The van der Waals surface area contributed by atoms with Crippen LogP contribution >= 0.6 is 0 Å². The molecule has 0 radical (unpaired) electrons. The third kappa shape index (κ3) is 8.43. The second-order valence-corrected chi connectivity index (χ2v) is 5.83. The van der Waals surface area contributed by atoms with Crippen molar-refractivity contribution < 1.29 is 43.2 Å². The summed E-state index contributed by atoms with van der Waals surface area (Å²) in [7, 11) is 2.35. The molecular formula is C17H24O9. The number of carbonyl (C=O) groups is 4. The predicted molar refractivity (Wildman–Crippen MR) is 88.7 cm³/mol. The van der Waals surface area contributed by atoms with Crippen LogP contribution in [0.25, 0.3) is 0 Å². The van der Waals surface area contributed by atoms with Gasteiger partial charge in [0, 0.05) is 11.1 Å². The molecule has 9 heteroatoms. The minimum Gasteiger partial charge on any atom is -0.469 e. The van der Waals surface area contributed by atoms with Gasteiger partial charge >= 0.3 is 23.9 Å². The number of ether oxygens (including phenoxy) is 4. The zero-order valence-corrected chi connectivity index (χ0v) is 15.2. The van der Waals surface area contributed by atoms with Crippen molar-refractivity contribution in [2.24, 2.45) is 5.41 Å². The van der Waals surface area contributed by atoms with Gasteiger partial charge in [0.2, 0.25) is 0 Å². The fourth-order valence-corrected chi connectivity index (χ4v) is 1.45. The summed E-state index contributed by atoms with van der Waals surface area (Å²) in [5.74, 6) is -2.96. The van der Waals surface area contributed by atoms with Gasteiger partial charge in [-0.3, -0.25) is 9.59 Å². The average Bonchev–Trinajstić information content (AvgIpc) is 2.63. The van der Waals surface area contributed by atoms with Crippen molar-refractivity contribution >= 4 is 23.9 Å². The Morgan fingerprint density at radius 3 is 1.46 bits per heavy atom. The van der Waals surface area contributed by atoms with Gasteiger partial charge < -0.3 is 24.1 Å². The molecule has 0 amide bonds. The van der Waals surface area contributed by atoms with Crippen molar-refractivity contribution in [3.63, 3.8) is 0 Å². The van der Waals surface area contributed by atoms with Crippen LogP contribution in [0.15, 0.2) is 24.3 Å². The smallest absolute Gasteiger partial charge is 0.334 e. The van der Waals surface area contributed by atoms with E-state index in [4.69, 9.17) is 9.47 Å². The van der Waals surface area contributed by atoms with Gasteiger partial charge in [-0.2, -0.15) is 0 Å². The van der Waals surface area contributed by atoms with Gasteiger partial charge in [0.1, 0.15) is 13.2 Å². The van der Waals surface area contributed by atoms with E-state index in [1.165, 1.54) is 21.1 Å². The molecule has 0 bridgehead atoms. The van der Waals surface area contributed by atoms with Crippen molar-refractivity contribution in [3.8, 4) is 0 Å². The minimum absolute atomic E-state index is 0.111. The van der Waals surface area contributed by atoms with E-state index in [1.807, 2.05) is 0 Å². The minimum atomic E-state index is -1.09. The van der Waals surface area contributed by atoms with Crippen LogP contribution in [0.2, 0.25) is 0 Å². The Labute approximate surface area is 151 Å². The first-order chi connectivity index (χ1) is 12.1. The Morgan fingerprint density at radius 2 is 1.19 bits per heavy atom. The molecule has 26 heavy (non-hydrogen) atoms. The highest BCUT2D eigenvalue weighted by atomic mass is 16.6. The quantitative estimate of drug-likeness (QED) is 0.310. The van der Waals surface area contributed by atoms with E-state index >= 15 is 0 Å². The van der Waals surface area contributed by atoms with Gasteiger partial charge in [-0.15, -0.1) is 0 Å². The number of carbonyl (C=O) groups excluding carboxylic acids is 4. The lowest BCUT2D eigenvalue weighted by atomic mass is 9.94. The fourth-order valence-electron chi connectivity index (χ4n) is 1.45. The average molecular weight is 372 g/mol. The van der Waals surface area contributed by atoms with Crippen molar-refractivity contribution in [3.05, 3.63) is 24.3 Å². The molecule has 1 N–H and O–H groups in total. The van der Waals surface area contributed by atoms with Crippen LogP contribution in [0.3, 0.4) is 0 Å². The molecule has 0 rings (SSSR count). The van der Waals surface area contributed by atoms with Crippen molar-refractivity contribution in [1.29, 1.82) is 0 Å². The Hall–Kier alpha value is -2.68. The molecule has 0 aliphatic heterocycles. The molecule has 9 nitrogen and oxygen atoms in total. The summed E-state index contributed by atoms with van der Waals surface area (Å²) in [6.45, 7) is 7.32. The molecule has 146 valence electrons. The number of esters is 4. The third-order valence-corrected chi connectivity index (χ3v) is 3.23. The predicted octanol–water partition coefficient (Wildman–Crippen LogP) is 0.310. The highest BCUT2D eigenvalue weighted by Gasteiger charge is 2.29. The SMILES string of the molecule is C=C(CC(=O)OC)C(=O)OCC(C)(CO)COC(=O)C(=C)CC(=O)OC. The molecule has 0 aliphatic rings. The van der Waals surface area contributed by atoms with Crippen LogP contribution in [0.1, 0.15) is 19.8 Å². The van der Waals surface area contributed by atoms with Gasteiger partial charge in [-0.1, -0.05) is 20.1 Å². The van der Waals surface area contributed by atoms with Crippen molar-refractivity contribution in [2.45, 2.75) is 19.8 Å². The lowest BCUT2D eigenvalue weighted by Crippen LogP contribution is -2.35. The Bertz CT molecular complexity index is 531. The topological polar surface area (TPSA) is 125 Å². The monoisotopic (exact) mass is 372 g/mol. The fraction of sp³-hybridized carbons (Fsp3) is 0.529. The second kappa shape index (κ2) is 11.0. The lowest BCUT2D eigenvalue weighted by molar-refractivity contribution is -0.153. The molecule has 0 aromatic rings. The number of hydrogen-bond acceptors (Lipinski definition) is 9. The van der Waals surface area contributed by atoms with Crippen molar-refractivity contribution in [1.82, 2.24) is 0 Å². The number of methoxy groups -OCH3 is 2. The normalized spacial score (nSPS) is 10.5. The van der Waals surface area contributed by atoms with Crippen LogP contribution in [0.5, 0.6) is 0 Å². The summed E-state index contributed by atoms with van der Waals surface area (Å²) in [5.41, 5.74) is -1.32. The molecule has 0 aromatic carbocycles. The molecular weight excluding hydrogens is 348 g/mol. The van der Waals surface area contributed by atoms with E-state index in [2.05, 4.69) is 22.6 Å². The number of rotatable bonds is 11. The molecule has 0 fully saturated rings. The lowest BCUT2D eigenvalue weighted by Gasteiger charge is -2.26. The maximum Gasteiger partial charge on any atom is 0.334 e. The van der Waals surface area contributed by atoms with E-state index in [9.17, 15) is 24.3 Å². The van der Waals surface area contributed by atoms with E-state index in [0.717, 1.165) is 0 Å². The van der Waals surface area contributed by atoms with Crippen LogP contribution in [0, 0.1) is 5.41 Å². The molecule has 0 aliphatic carbocycles. The van der Waals surface area contributed by atoms with Crippen LogP contribution in [-0.4, -0.2) is 63.0 Å². The van der Waals surface area contributed by atoms with E-state index in [0.29, 0.717) is 0 Å². The molecule has 0 spiro atoms. The Kier molecular flexibility index (Phi) is 9.90. The maximum atomic E-state index is 11.8. The Balaban J connectivity index is 4.55. The van der Waals surface area contributed by atoms with E-state index in [1.54, 1.807) is 0 Å². The van der Waals surface area contributed by atoms with Gasteiger partial charge in [-0.25, -0.2) is 9.59 Å². The van der Waals surface area contributed by atoms with Crippen molar-refractivity contribution in [2.75, 3.05) is 34.0 Å². The molecule has 0 saturated carbocycles. The highest BCUT2D eigenvalue weighted by Crippen LogP contribution is 2.19. The third-order valence-electron chi connectivity index (χ3n) is 3.23. The summed E-state index contributed by atoms with van der Waals surface area (Å²) in [6.07, 6.45) is -0.652. The number of aliphatic hydroxyl groups excluding tert-OH is 1. The molecule has 0 unspecified atom stereocenters. The molecule has 0 aromatic heterocycles. The maximum absolute atomic E-state index is 11.8. The first-order valence-corrected chi connectivity index (χ1v) is 7.53. The first kappa shape index (κ1) is 23.3. The van der Waals surface area contributed by atoms with Gasteiger partial charge in [0.25, 0.3) is 0 Å². The van der Waals surface area contributed by atoms with Gasteiger partial charge in [0.15, 0.2) is 0 Å².